The number of rotatable bonds is 7. The minimum Gasteiger partial charge on any atom is -0.399 e. The van der Waals surface area contributed by atoms with Gasteiger partial charge in [0.25, 0.3) is 11.8 Å². The van der Waals surface area contributed by atoms with E-state index in [1.54, 1.807) is 36.5 Å². The van der Waals surface area contributed by atoms with Crippen molar-refractivity contribution in [1.29, 1.82) is 0 Å². The van der Waals surface area contributed by atoms with Gasteiger partial charge >= 0.3 is 0 Å². The first kappa shape index (κ1) is 30.8. The number of aryl methyl sites for hydroxylation is 1. The molecule has 8 heteroatoms. The van der Waals surface area contributed by atoms with E-state index in [2.05, 4.69) is 56.9 Å². The molecule has 0 fully saturated rings. The molecule has 0 aliphatic heterocycles. The fraction of sp³-hybridized carbons (Fsp3) is 0.132. The first-order valence-electron chi connectivity index (χ1n) is 15.0. The van der Waals surface area contributed by atoms with Crippen LogP contribution in [-0.4, -0.2) is 16.8 Å². The largest absolute Gasteiger partial charge is 0.399 e. The van der Waals surface area contributed by atoms with Crippen molar-refractivity contribution in [1.82, 2.24) is 15.6 Å². The lowest BCUT2D eigenvalue weighted by Gasteiger charge is -2.19. The summed E-state index contributed by atoms with van der Waals surface area (Å²) in [6.07, 6.45) is 1.81. The molecule has 0 aliphatic carbocycles. The molecule has 5 aromatic carbocycles. The Kier molecular flexibility index (Phi) is 8.47. The lowest BCUT2D eigenvalue weighted by Crippen LogP contribution is -2.27. The Labute approximate surface area is 276 Å². The number of aromatic nitrogens is 1. The Balaban J connectivity index is 1.34. The average Bonchev–Trinajstić information content (AvgIpc) is 3.05. The number of hydrogen-bond acceptors (Lipinski definition) is 5. The van der Waals surface area contributed by atoms with E-state index in [0.29, 0.717) is 27.0 Å². The molecule has 0 bridgehead atoms. The number of para-hydroxylation sites is 1. The van der Waals surface area contributed by atoms with Gasteiger partial charge in [-0.05, 0) is 112 Å². The van der Waals surface area contributed by atoms with E-state index in [-0.39, 0.29) is 23.9 Å². The highest BCUT2D eigenvalue weighted by molar-refractivity contribution is 9.10. The van der Waals surface area contributed by atoms with Gasteiger partial charge in [0, 0.05) is 38.6 Å². The Hall–Kier alpha value is -5.21. The summed E-state index contributed by atoms with van der Waals surface area (Å²) in [7, 11) is 0. The predicted molar refractivity (Wildman–Crippen MR) is 191 cm³/mol. The summed E-state index contributed by atoms with van der Waals surface area (Å²) in [4.78, 5) is 31.1. The summed E-state index contributed by atoms with van der Waals surface area (Å²) in [6.45, 7) is 5.84. The molecule has 6 aromatic rings. The van der Waals surface area contributed by atoms with Crippen LogP contribution in [-0.2, 0) is 0 Å². The summed E-state index contributed by atoms with van der Waals surface area (Å²) in [5, 5.41) is 9.36. The average molecular weight is 673 g/mol. The number of anilines is 2. The maximum atomic E-state index is 13.2. The standard InChI is InChI=1S/C38H34BrN5O2/c1-21-10-13-26(40)19-32(21)37(45)44-23(3)29-8-5-9-31-30(16-17-42-36(29)31)25-12-11-24-6-4-7-28(33(24)18-25)22(2)43-38(46)34-20-27(41)14-15-35(34)39/h4-20,22-23H,40-41H2,1-3H3,(H,43,46)(H,44,45)/t22-,23-/m1/s1. The minimum absolute atomic E-state index is 0.184. The van der Waals surface area contributed by atoms with E-state index < -0.39 is 0 Å². The lowest BCUT2D eigenvalue weighted by atomic mass is 9.93. The quantitative estimate of drug-likeness (QED) is 0.127. The smallest absolute Gasteiger partial charge is 0.252 e. The van der Waals surface area contributed by atoms with E-state index in [1.807, 2.05) is 57.2 Å². The SMILES string of the molecule is Cc1ccc(N)cc1C(=O)N[C@H](C)c1cccc2c(-c3ccc4cccc([C@@H](C)NC(=O)c5cc(N)ccc5Br)c4c3)ccnc12. The van der Waals surface area contributed by atoms with Crippen LogP contribution in [0, 0.1) is 6.92 Å². The zero-order chi connectivity index (χ0) is 32.5. The van der Waals surface area contributed by atoms with Crippen LogP contribution in [0.1, 0.15) is 63.3 Å². The molecule has 1 heterocycles. The fourth-order valence-electron chi connectivity index (χ4n) is 5.95. The van der Waals surface area contributed by atoms with Gasteiger partial charge < -0.3 is 22.1 Å². The summed E-state index contributed by atoms with van der Waals surface area (Å²) in [5.41, 5.74) is 19.7. The molecule has 6 rings (SSSR count). The second kappa shape index (κ2) is 12.7. The van der Waals surface area contributed by atoms with Gasteiger partial charge in [0.2, 0.25) is 0 Å². The van der Waals surface area contributed by atoms with E-state index in [1.165, 1.54) is 0 Å². The van der Waals surface area contributed by atoms with Crippen molar-refractivity contribution in [3.8, 4) is 11.1 Å². The van der Waals surface area contributed by atoms with Crippen LogP contribution in [0.5, 0.6) is 0 Å². The number of halogens is 1. The van der Waals surface area contributed by atoms with Gasteiger partial charge in [0.1, 0.15) is 0 Å². The van der Waals surface area contributed by atoms with Gasteiger partial charge in [-0.2, -0.15) is 0 Å². The Morgan fingerprint density at radius 3 is 2.15 bits per heavy atom. The summed E-state index contributed by atoms with van der Waals surface area (Å²) in [5.74, 6) is -0.392. The highest BCUT2D eigenvalue weighted by Crippen LogP contribution is 2.35. The van der Waals surface area contributed by atoms with Gasteiger partial charge in [0.05, 0.1) is 23.2 Å². The van der Waals surface area contributed by atoms with Crippen molar-refractivity contribution in [3.63, 3.8) is 0 Å². The number of nitrogens with zero attached hydrogens (tertiary/aromatic N) is 1. The monoisotopic (exact) mass is 671 g/mol. The topological polar surface area (TPSA) is 123 Å². The second-order valence-corrected chi connectivity index (χ2v) is 12.4. The second-order valence-electron chi connectivity index (χ2n) is 11.6. The zero-order valence-electron chi connectivity index (χ0n) is 25.8. The van der Waals surface area contributed by atoms with Gasteiger partial charge in [0.15, 0.2) is 0 Å². The number of nitrogen functional groups attached to an aromatic ring is 2. The molecule has 0 radical (unpaired) electrons. The predicted octanol–water partition coefficient (Wildman–Crippen LogP) is 8.27. The van der Waals surface area contributed by atoms with Crippen molar-refractivity contribution in [2.75, 3.05) is 11.5 Å². The molecule has 0 unspecified atom stereocenters. The van der Waals surface area contributed by atoms with Gasteiger partial charge in [-0.1, -0.05) is 54.6 Å². The highest BCUT2D eigenvalue weighted by atomic mass is 79.9. The van der Waals surface area contributed by atoms with Crippen LogP contribution in [0.25, 0.3) is 32.8 Å². The van der Waals surface area contributed by atoms with Gasteiger partial charge in [-0.25, -0.2) is 0 Å². The molecule has 0 saturated heterocycles. The molecule has 230 valence electrons. The molecule has 1 aromatic heterocycles. The van der Waals surface area contributed by atoms with Crippen LogP contribution < -0.4 is 22.1 Å². The zero-order valence-corrected chi connectivity index (χ0v) is 27.4. The van der Waals surface area contributed by atoms with Crippen LogP contribution >= 0.6 is 15.9 Å². The van der Waals surface area contributed by atoms with Crippen LogP contribution in [0.2, 0.25) is 0 Å². The van der Waals surface area contributed by atoms with Crippen LogP contribution in [0.3, 0.4) is 0 Å². The lowest BCUT2D eigenvalue weighted by molar-refractivity contribution is 0.0931. The third-order valence-corrected chi connectivity index (χ3v) is 9.09. The number of nitrogens with one attached hydrogen (secondary N) is 2. The normalized spacial score (nSPS) is 12.5. The van der Waals surface area contributed by atoms with Crippen molar-refractivity contribution < 1.29 is 9.59 Å². The van der Waals surface area contributed by atoms with Crippen molar-refractivity contribution in [3.05, 3.63) is 136 Å². The number of fused-ring (bicyclic) bond motifs is 2. The molecule has 7 nitrogen and oxygen atoms in total. The third kappa shape index (κ3) is 6.04. The summed E-state index contributed by atoms with van der Waals surface area (Å²) in [6, 6.07) is 30.5. The third-order valence-electron chi connectivity index (χ3n) is 8.40. The number of pyridine rings is 1. The maximum absolute atomic E-state index is 13.2. The van der Waals surface area contributed by atoms with Crippen molar-refractivity contribution in [2.24, 2.45) is 0 Å². The summed E-state index contributed by atoms with van der Waals surface area (Å²) < 4.78 is 0.685. The Bertz CT molecular complexity index is 2140. The molecule has 0 aliphatic rings. The maximum Gasteiger partial charge on any atom is 0.252 e. The molecular weight excluding hydrogens is 638 g/mol. The molecule has 46 heavy (non-hydrogen) atoms. The van der Waals surface area contributed by atoms with E-state index >= 15 is 0 Å². The number of hydrogen-bond donors (Lipinski definition) is 4. The number of nitrogens with two attached hydrogens (primary N) is 2. The molecule has 0 saturated carbocycles. The number of benzene rings is 5. The van der Waals surface area contributed by atoms with Crippen LogP contribution in [0.15, 0.2) is 108 Å². The molecule has 2 atom stereocenters. The van der Waals surface area contributed by atoms with E-state index in [0.717, 1.165) is 49.5 Å². The first-order chi connectivity index (χ1) is 22.1. The van der Waals surface area contributed by atoms with Gasteiger partial charge in [-0.15, -0.1) is 0 Å². The molecular formula is C38H34BrN5O2. The van der Waals surface area contributed by atoms with Crippen molar-refractivity contribution >= 4 is 60.8 Å². The van der Waals surface area contributed by atoms with E-state index in [9.17, 15) is 9.59 Å². The Morgan fingerprint density at radius 1 is 0.717 bits per heavy atom. The van der Waals surface area contributed by atoms with Crippen molar-refractivity contribution in [2.45, 2.75) is 32.9 Å². The number of amides is 2. The first-order valence-corrected chi connectivity index (χ1v) is 15.8. The highest BCUT2D eigenvalue weighted by Gasteiger charge is 2.19. The fourth-order valence-corrected chi connectivity index (χ4v) is 6.37. The van der Waals surface area contributed by atoms with Gasteiger partial charge in [-0.3, -0.25) is 14.6 Å². The van der Waals surface area contributed by atoms with E-state index in [4.69, 9.17) is 16.5 Å². The summed E-state index contributed by atoms with van der Waals surface area (Å²) >= 11 is 3.47. The van der Waals surface area contributed by atoms with Crippen LogP contribution in [0.4, 0.5) is 11.4 Å². The molecule has 6 N–H and O–H groups in total. The minimum atomic E-state index is -0.299. The molecule has 0 spiro atoms. The number of carbonyl (C=O) groups excluding carboxylic acids is 2. The Morgan fingerprint density at radius 2 is 1.37 bits per heavy atom. The number of carbonyl (C=O) groups is 2. The molecule has 2 amide bonds.